The van der Waals surface area contributed by atoms with Gasteiger partial charge in [0.05, 0.1) is 12.6 Å². The molecule has 1 saturated carbocycles. The molecule has 1 fully saturated rings. The number of hydrogen-bond acceptors (Lipinski definition) is 2. The first-order chi connectivity index (χ1) is 9.06. The molecule has 3 nitrogen and oxygen atoms in total. The van der Waals surface area contributed by atoms with Gasteiger partial charge in [0.15, 0.2) is 5.78 Å². The van der Waals surface area contributed by atoms with E-state index in [0.29, 0.717) is 12.4 Å². The van der Waals surface area contributed by atoms with Gasteiger partial charge < -0.3 is 9.30 Å². The second-order valence-electron chi connectivity index (χ2n) is 5.80. The number of aryl methyl sites for hydroxylation is 1. The van der Waals surface area contributed by atoms with Crippen LogP contribution in [0.25, 0.3) is 0 Å². The molecule has 1 aromatic heterocycles. The van der Waals surface area contributed by atoms with Crippen molar-refractivity contribution >= 4 is 5.78 Å². The fraction of sp³-hybridized carbons (Fsp3) is 0.688. The number of carbonyl (C=O) groups is 1. The van der Waals surface area contributed by atoms with Crippen molar-refractivity contribution in [3.05, 3.63) is 23.0 Å². The third kappa shape index (κ3) is 2.76. The van der Waals surface area contributed by atoms with E-state index in [1.54, 1.807) is 7.11 Å². The first-order valence-electron chi connectivity index (χ1n) is 7.27. The molecule has 0 amide bonds. The lowest BCUT2D eigenvalue weighted by molar-refractivity contribution is 0.0921. The van der Waals surface area contributed by atoms with E-state index in [2.05, 4.69) is 31.4 Å². The summed E-state index contributed by atoms with van der Waals surface area (Å²) in [5.41, 5.74) is 3.18. The van der Waals surface area contributed by atoms with Crippen LogP contribution in [0.2, 0.25) is 0 Å². The smallest absolute Gasteiger partial charge is 0.167 e. The van der Waals surface area contributed by atoms with E-state index in [0.717, 1.165) is 29.8 Å². The Kier molecular flexibility index (Phi) is 4.46. The van der Waals surface area contributed by atoms with Gasteiger partial charge in [-0.25, -0.2) is 0 Å². The van der Waals surface area contributed by atoms with Crippen LogP contribution in [-0.2, 0) is 4.74 Å². The highest BCUT2D eigenvalue weighted by Gasteiger charge is 2.27. The average Bonchev–Trinajstić information content (AvgIpc) is 2.97. The zero-order valence-corrected chi connectivity index (χ0v) is 12.5. The first-order valence-corrected chi connectivity index (χ1v) is 7.27. The van der Waals surface area contributed by atoms with Gasteiger partial charge in [-0.3, -0.25) is 4.79 Å². The Morgan fingerprint density at radius 3 is 2.63 bits per heavy atom. The van der Waals surface area contributed by atoms with Crippen LogP contribution in [0.5, 0.6) is 0 Å². The minimum Gasteiger partial charge on any atom is -0.383 e. The van der Waals surface area contributed by atoms with Crippen molar-refractivity contribution < 1.29 is 9.53 Å². The second kappa shape index (κ2) is 5.91. The zero-order valence-electron chi connectivity index (χ0n) is 12.5. The molecule has 1 heterocycles. The summed E-state index contributed by atoms with van der Waals surface area (Å²) in [5, 5.41) is 0. The maximum absolute atomic E-state index is 12.6. The minimum atomic E-state index is 0.256. The predicted octanol–water partition coefficient (Wildman–Crippen LogP) is 3.69. The number of Topliss-reactive ketones (excluding diaryl/α,β-unsaturated/α-hetero) is 1. The summed E-state index contributed by atoms with van der Waals surface area (Å²) in [6, 6.07) is 2.33. The van der Waals surface area contributed by atoms with Crippen LogP contribution in [0, 0.1) is 19.8 Å². The predicted molar refractivity (Wildman–Crippen MR) is 76.8 cm³/mol. The lowest BCUT2D eigenvalue weighted by atomic mass is 9.96. The molecule has 106 valence electrons. The van der Waals surface area contributed by atoms with E-state index in [9.17, 15) is 4.79 Å². The fourth-order valence-corrected chi connectivity index (χ4v) is 3.43. The fourth-order valence-electron chi connectivity index (χ4n) is 3.43. The largest absolute Gasteiger partial charge is 0.383 e. The van der Waals surface area contributed by atoms with Gasteiger partial charge >= 0.3 is 0 Å². The molecule has 1 atom stereocenters. The quantitative estimate of drug-likeness (QED) is 0.759. The lowest BCUT2D eigenvalue weighted by Gasteiger charge is -2.18. The summed E-state index contributed by atoms with van der Waals surface area (Å²) >= 11 is 0. The molecular weight excluding hydrogens is 238 g/mol. The molecule has 0 saturated heterocycles. The van der Waals surface area contributed by atoms with Crippen LogP contribution in [0.15, 0.2) is 6.07 Å². The highest BCUT2D eigenvalue weighted by Crippen LogP contribution is 2.30. The van der Waals surface area contributed by atoms with E-state index < -0.39 is 0 Å². The standard InChI is InChI=1S/C16H25NO2/c1-11-9-15(16(18)14-7-5-6-8-14)13(3)17(11)12(2)10-19-4/h9,12,14H,5-8,10H2,1-4H3. The molecule has 0 aliphatic heterocycles. The molecule has 0 aromatic carbocycles. The number of ketones is 1. The van der Waals surface area contributed by atoms with Crippen LogP contribution < -0.4 is 0 Å². The Bertz CT molecular complexity index is 456. The molecule has 0 spiro atoms. The molecule has 0 N–H and O–H groups in total. The zero-order chi connectivity index (χ0) is 14.0. The third-order valence-corrected chi connectivity index (χ3v) is 4.32. The van der Waals surface area contributed by atoms with E-state index in [4.69, 9.17) is 4.74 Å². The summed E-state index contributed by atoms with van der Waals surface area (Å²) in [7, 11) is 1.72. The van der Waals surface area contributed by atoms with Crippen molar-refractivity contribution in [2.24, 2.45) is 5.92 Å². The average molecular weight is 263 g/mol. The summed E-state index contributed by atoms with van der Waals surface area (Å²) < 4.78 is 7.46. The van der Waals surface area contributed by atoms with E-state index in [1.807, 2.05) is 0 Å². The Morgan fingerprint density at radius 2 is 2.05 bits per heavy atom. The summed E-state index contributed by atoms with van der Waals surface area (Å²) in [6.45, 7) is 6.94. The van der Waals surface area contributed by atoms with E-state index in [1.165, 1.54) is 12.8 Å². The third-order valence-electron chi connectivity index (χ3n) is 4.32. The molecular formula is C16H25NO2. The van der Waals surface area contributed by atoms with Crippen LogP contribution in [-0.4, -0.2) is 24.1 Å². The summed E-state index contributed by atoms with van der Waals surface area (Å²) in [6.07, 6.45) is 4.54. The molecule has 3 heteroatoms. The van der Waals surface area contributed by atoms with Crippen molar-refractivity contribution in [3.63, 3.8) is 0 Å². The Morgan fingerprint density at radius 1 is 1.42 bits per heavy atom. The van der Waals surface area contributed by atoms with Crippen molar-refractivity contribution in [2.45, 2.75) is 52.5 Å². The number of hydrogen-bond donors (Lipinski definition) is 0. The van der Waals surface area contributed by atoms with Crippen molar-refractivity contribution in [1.82, 2.24) is 4.57 Å². The van der Waals surface area contributed by atoms with Gasteiger partial charge in [0.1, 0.15) is 0 Å². The van der Waals surface area contributed by atoms with Gasteiger partial charge in [-0.15, -0.1) is 0 Å². The number of aromatic nitrogens is 1. The molecule has 0 radical (unpaired) electrons. The molecule has 1 aliphatic rings. The SMILES string of the molecule is COCC(C)n1c(C)cc(C(=O)C2CCCC2)c1C. The van der Waals surface area contributed by atoms with Gasteiger partial charge in [-0.2, -0.15) is 0 Å². The van der Waals surface area contributed by atoms with Gasteiger partial charge in [-0.05, 0) is 39.7 Å². The normalized spacial score (nSPS) is 17.9. The maximum atomic E-state index is 12.6. The van der Waals surface area contributed by atoms with Crippen molar-refractivity contribution in [2.75, 3.05) is 13.7 Å². The van der Waals surface area contributed by atoms with E-state index >= 15 is 0 Å². The second-order valence-corrected chi connectivity index (χ2v) is 5.80. The molecule has 1 aliphatic carbocycles. The summed E-state index contributed by atoms with van der Waals surface area (Å²) in [5.74, 6) is 0.605. The maximum Gasteiger partial charge on any atom is 0.167 e. The van der Waals surface area contributed by atoms with E-state index in [-0.39, 0.29) is 12.0 Å². The molecule has 1 aromatic rings. The molecule has 0 bridgehead atoms. The highest BCUT2D eigenvalue weighted by molar-refractivity contribution is 5.99. The van der Waals surface area contributed by atoms with Gasteiger partial charge in [0, 0.05) is 30.0 Å². The van der Waals surface area contributed by atoms with Crippen LogP contribution >= 0.6 is 0 Å². The number of carbonyl (C=O) groups excluding carboxylic acids is 1. The van der Waals surface area contributed by atoms with Crippen LogP contribution in [0.1, 0.15) is 60.4 Å². The number of rotatable bonds is 5. The highest BCUT2D eigenvalue weighted by atomic mass is 16.5. The van der Waals surface area contributed by atoms with Crippen LogP contribution in [0.3, 0.4) is 0 Å². The topological polar surface area (TPSA) is 31.2 Å². The number of methoxy groups -OCH3 is 1. The van der Waals surface area contributed by atoms with Crippen molar-refractivity contribution in [1.29, 1.82) is 0 Å². The molecule has 2 rings (SSSR count). The summed E-state index contributed by atoms with van der Waals surface area (Å²) in [4.78, 5) is 12.6. The molecule has 19 heavy (non-hydrogen) atoms. The molecule has 1 unspecified atom stereocenters. The van der Waals surface area contributed by atoms with Gasteiger partial charge in [0.25, 0.3) is 0 Å². The minimum absolute atomic E-state index is 0.256. The van der Waals surface area contributed by atoms with Crippen molar-refractivity contribution in [3.8, 4) is 0 Å². The Balaban J connectivity index is 2.27. The monoisotopic (exact) mass is 263 g/mol. The number of ether oxygens (including phenoxy) is 1. The first kappa shape index (κ1) is 14.3. The van der Waals surface area contributed by atoms with Gasteiger partial charge in [-0.1, -0.05) is 12.8 Å². The van der Waals surface area contributed by atoms with Crippen LogP contribution in [0.4, 0.5) is 0 Å². The van der Waals surface area contributed by atoms with Gasteiger partial charge in [0.2, 0.25) is 0 Å². The number of nitrogens with zero attached hydrogens (tertiary/aromatic N) is 1. The Hall–Kier alpha value is -1.09. The lowest BCUT2D eigenvalue weighted by Crippen LogP contribution is -2.16. The Labute approximate surface area is 115 Å².